The topological polar surface area (TPSA) is 99.0 Å². The summed E-state index contributed by atoms with van der Waals surface area (Å²) in [6, 6.07) is 13.1. The molecule has 1 atom stereocenters. The second kappa shape index (κ2) is 7.89. The normalized spacial score (nSPS) is 13.4. The smallest absolute Gasteiger partial charge is 0.331 e. The van der Waals surface area contributed by atoms with Gasteiger partial charge in [0, 0.05) is 15.8 Å². The molecule has 0 saturated heterocycles. The first-order chi connectivity index (χ1) is 13.0. The van der Waals surface area contributed by atoms with Gasteiger partial charge < -0.3 is 14.8 Å². The minimum atomic E-state index is -0.991. The number of thiophene rings is 1. The molecule has 0 fully saturated rings. The van der Waals surface area contributed by atoms with Gasteiger partial charge in [0.25, 0.3) is 0 Å². The summed E-state index contributed by atoms with van der Waals surface area (Å²) in [6.07, 6.45) is 1.95. The molecular weight excluding hydrogens is 362 g/mol. The Hall–Kier alpha value is -3.37. The van der Waals surface area contributed by atoms with E-state index in [1.807, 2.05) is 43.3 Å². The average Bonchev–Trinajstić information content (AvgIpc) is 3.26. The molecule has 0 aliphatic carbocycles. The monoisotopic (exact) mass is 379 g/mol. The zero-order valence-corrected chi connectivity index (χ0v) is 15.6. The predicted molar refractivity (Wildman–Crippen MR) is 105 cm³/mol. The Morgan fingerprint density at radius 1 is 1.37 bits per heavy atom. The van der Waals surface area contributed by atoms with Crippen LogP contribution < -0.4 is 0 Å². The number of aryl methyl sites for hydroxylation is 1. The number of allylic oxidation sites excluding steroid dienone is 1. The summed E-state index contributed by atoms with van der Waals surface area (Å²) in [5.41, 5.74) is 1.35. The fraction of sp³-hybridized carbons (Fsp3) is 0.150. The third-order valence-corrected chi connectivity index (χ3v) is 4.78. The van der Waals surface area contributed by atoms with Gasteiger partial charge in [0.2, 0.25) is 0 Å². The number of imidazole rings is 1. The molecule has 3 rings (SSSR count). The van der Waals surface area contributed by atoms with Crippen LogP contribution in [0.1, 0.15) is 22.5 Å². The van der Waals surface area contributed by atoms with Gasteiger partial charge in [0.1, 0.15) is 11.6 Å². The SMILES string of the molecule is Cc1ccc(/C=C/C(=O)O[C@H](C)/C(O)=C(\C#N)c2nc3ccccc3[nH]2)s1. The number of para-hydroxylation sites is 2. The number of ether oxygens (including phenoxy) is 1. The number of H-pyrrole nitrogens is 1. The number of hydrogen-bond acceptors (Lipinski definition) is 6. The molecule has 3 aromatic rings. The molecule has 0 amide bonds. The number of nitriles is 1. The van der Waals surface area contributed by atoms with E-state index in [-0.39, 0.29) is 17.2 Å². The maximum atomic E-state index is 12.0. The number of aliphatic hydroxyl groups is 1. The number of carbonyl (C=O) groups is 1. The molecule has 0 radical (unpaired) electrons. The van der Waals surface area contributed by atoms with Gasteiger partial charge in [-0.25, -0.2) is 9.78 Å². The number of benzene rings is 1. The molecule has 1 aromatic carbocycles. The number of aliphatic hydroxyl groups excluding tert-OH is 1. The van der Waals surface area contributed by atoms with E-state index in [1.54, 1.807) is 23.5 Å². The molecule has 2 heterocycles. The molecule has 6 nitrogen and oxygen atoms in total. The van der Waals surface area contributed by atoms with Gasteiger partial charge in [-0.1, -0.05) is 12.1 Å². The van der Waals surface area contributed by atoms with Crippen LogP contribution in [0, 0.1) is 18.3 Å². The Kier molecular flexibility index (Phi) is 5.38. The van der Waals surface area contributed by atoms with E-state index in [2.05, 4.69) is 9.97 Å². The Bertz CT molecular complexity index is 1050. The van der Waals surface area contributed by atoms with Gasteiger partial charge in [0.05, 0.1) is 11.0 Å². The van der Waals surface area contributed by atoms with Crippen LogP contribution in [0.3, 0.4) is 0 Å². The molecule has 0 aliphatic rings. The molecule has 2 aromatic heterocycles. The van der Waals surface area contributed by atoms with Crippen molar-refractivity contribution in [3.05, 3.63) is 63.8 Å². The summed E-state index contributed by atoms with van der Waals surface area (Å²) >= 11 is 1.55. The molecule has 0 aliphatic heterocycles. The van der Waals surface area contributed by atoms with Gasteiger partial charge >= 0.3 is 5.97 Å². The maximum Gasteiger partial charge on any atom is 0.331 e. The van der Waals surface area contributed by atoms with E-state index in [4.69, 9.17) is 4.74 Å². The van der Waals surface area contributed by atoms with Gasteiger partial charge in [-0.05, 0) is 44.2 Å². The summed E-state index contributed by atoms with van der Waals surface area (Å²) in [5, 5.41) is 19.8. The summed E-state index contributed by atoms with van der Waals surface area (Å²) in [4.78, 5) is 21.3. The second-order valence-corrected chi connectivity index (χ2v) is 7.15. The third-order valence-electron chi connectivity index (χ3n) is 3.82. The number of carbonyl (C=O) groups excluding carboxylic acids is 1. The summed E-state index contributed by atoms with van der Waals surface area (Å²) in [7, 11) is 0. The predicted octanol–water partition coefficient (Wildman–Crippen LogP) is 4.37. The molecule has 0 spiro atoms. The van der Waals surface area contributed by atoms with Crippen LogP contribution >= 0.6 is 11.3 Å². The van der Waals surface area contributed by atoms with Gasteiger partial charge in [-0.15, -0.1) is 11.3 Å². The highest BCUT2D eigenvalue weighted by atomic mass is 32.1. The van der Waals surface area contributed by atoms with E-state index < -0.39 is 12.1 Å². The molecule has 0 saturated carbocycles. The second-order valence-electron chi connectivity index (χ2n) is 5.84. The van der Waals surface area contributed by atoms with Crippen LogP contribution in [0.4, 0.5) is 0 Å². The van der Waals surface area contributed by atoms with Gasteiger partial charge in [0.15, 0.2) is 17.7 Å². The van der Waals surface area contributed by atoms with E-state index in [1.165, 1.54) is 13.0 Å². The van der Waals surface area contributed by atoms with Crippen molar-refractivity contribution in [2.24, 2.45) is 0 Å². The fourth-order valence-electron chi connectivity index (χ4n) is 2.47. The molecule has 2 N–H and O–H groups in total. The lowest BCUT2D eigenvalue weighted by molar-refractivity contribution is -0.141. The third kappa shape index (κ3) is 4.25. The highest BCUT2D eigenvalue weighted by Crippen LogP contribution is 2.21. The van der Waals surface area contributed by atoms with Crippen molar-refractivity contribution in [1.29, 1.82) is 5.26 Å². The zero-order valence-electron chi connectivity index (χ0n) is 14.8. The van der Waals surface area contributed by atoms with Gasteiger partial charge in [-0.3, -0.25) is 0 Å². The highest BCUT2D eigenvalue weighted by Gasteiger charge is 2.20. The molecule has 0 bridgehead atoms. The lowest BCUT2D eigenvalue weighted by Crippen LogP contribution is -2.17. The summed E-state index contributed by atoms with van der Waals surface area (Å²) in [5.74, 6) is -0.740. The number of esters is 1. The molecule has 0 unspecified atom stereocenters. The summed E-state index contributed by atoms with van der Waals surface area (Å²) in [6.45, 7) is 3.48. The van der Waals surface area contributed by atoms with E-state index in [9.17, 15) is 15.2 Å². The highest BCUT2D eigenvalue weighted by molar-refractivity contribution is 7.12. The first-order valence-corrected chi connectivity index (χ1v) is 9.03. The zero-order chi connectivity index (χ0) is 19.4. The van der Waals surface area contributed by atoms with Crippen molar-refractivity contribution in [2.45, 2.75) is 20.0 Å². The Morgan fingerprint density at radius 3 is 2.81 bits per heavy atom. The maximum absolute atomic E-state index is 12.0. The quantitative estimate of drug-likeness (QED) is 0.297. The van der Waals surface area contributed by atoms with Crippen molar-refractivity contribution < 1.29 is 14.6 Å². The Morgan fingerprint density at radius 2 is 2.15 bits per heavy atom. The van der Waals surface area contributed by atoms with Gasteiger partial charge in [-0.2, -0.15) is 5.26 Å². The lowest BCUT2D eigenvalue weighted by atomic mass is 10.2. The van der Waals surface area contributed by atoms with Crippen LogP contribution in [-0.4, -0.2) is 27.1 Å². The number of hydrogen-bond donors (Lipinski definition) is 2. The van der Waals surface area contributed by atoms with Crippen molar-refractivity contribution in [3.8, 4) is 6.07 Å². The van der Waals surface area contributed by atoms with E-state index >= 15 is 0 Å². The Balaban J connectivity index is 1.77. The Labute approximate surface area is 160 Å². The van der Waals surface area contributed by atoms with Crippen molar-refractivity contribution in [1.82, 2.24) is 9.97 Å². The molecular formula is C20H17N3O3S. The molecule has 7 heteroatoms. The van der Waals surface area contributed by atoms with E-state index in [0.717, 1.165) is 15.3 Å². The van der Waals surface area contributed by atoms with Crippen LogP contribution in [-0.2, 0) is 9.53 Å². The number of fused-ring (bicyclic) bond motifs is 1. The lowest BCUT2D eigenvalue weighted by Gasteiger charge is -2.12. The van der Waals surface area contributed by atoms with E-state index in [0.29, 0.717) is 5.52 Å². The first kappa shape index (κ1) is 18.4. The van der Waals surface area contributed by atoms with Crippen molar-refractivity contribution >= 4 is 40.0 Å². The van der Waals surface area contributed by atoms with Crippen molar-refractivity contribution in [3.63, 3.8) is 0 Å². The average molecular weight is 379 g/mol. The number of aromatic nitrogens is 2. The van der Waals surface area contributed by atoms with Crippen LogP contribution in [0.25, 0.3) is 22.7 Å². The number of aromatic amines is 1. The fourth-order valence-corrected chi connectivity index (χ4v) is 3.25. The number of rotatable bonds is 5. The summed E-state index contributed by atoms with van der Waals surface area (Å²) < 4.78 is 5.20. The minimum Gasteiger partial charge on any atom is -0.507 e. The minimum absolute atomic E-state index is 0.0654. The largest absolute Gasteiger partial charge is 0.507 e. The van der Waals surface area contributed by atoms with Crippen molar-refractivity contribution in [2.75, 3.05) is 0 Å². The van der Waals surface area contributed by atoms with Crippen LogP contribution in [0.5, 0.6) is 0 Å². The number of nitrogens with one attached hydrogen (secondary N) is 1. The first-order valence-electron chi connectivity index (χ1n) is 8.21. The number of nitrogens with zero attached hydrogens (tertiary/aromatic N) is 2. The molecule has 136 valence electrons. The standard InChI is InChI=1S/C20H17N3O3S/c1-12-7-8-14(27-12)9-10-18(24)26-13(2)19(25)15(11-21)20-22-16-5-3-4-6-17(16)23-20/h3-10,13,25H,1-2H3,(H,22,23)/b10-9+,19-15-/t13-/m1/s1. The van der Waals surface area contributed by atoms with Crippen LogP contribution in [0.15, 0.2) is 48.2 Å². The molecule has 27 heavy (non-hydrogen) atoms. The van der Waals surface area contributed by atoms with Crippen LogP contribution in [0.2, 0.25) is 0 Å².